The van der Waals surface area contributed by atoms with Crippen molar-refractivity contribution >= 4 is 17.6 Å². The topological polar surface area (TPSA) is 63.8 Å². The monoisotopic (exact) mass is 272 g/mol. The van der Waals surface area contributed by atoms with Crippen molar-refractivity contribution < 1.29 is 0 Å². The number of rotatable bonds is 3. The first-order valence-electron chi connectivity index (χ1n) is 6.36. The molecule has 0 unspecified atom stereocenters. The number of fused-ring (bicyclic) bond motifs is 1. The predicted molar refractivity (Wildman–Crippen MR) is 77.2 cm³/mol. The van der Waals surface area contributed by atoms with Gasteiger partial charge in [0, 0.05) is 10.5 Å². The van der Waals surface area contributed by atoms with E-state index in [9.17, 15) is 0 Å². The molecule has 1 heterocycles. The van der Waals surface area contributed by atoms with E-state index in [1.807, 2.05) is 6.92 Å². The van der Waals surface area contributed by atoms with Crippen molar-refractivity contribution in [2.24, 2.45) is 5.84 Å². The first kappa shape index (κ1) is 12.4. The fourth-order valence-electron chi connectivity index (χ4n) is 2.41. The Morgan fingerprint density at radius 1 is 1.21 bits per heavy atom. The molecule has 4 nitrogen and oxygen atoms in total. The van der Waals surface area contributed by atoms with Crippen LogP contribution in [0.1, 0.15) is 23.1 Å². The van der Waals surface area contributed by atoms with Crippen LogP contribution in [0.4, 0.5) is 5.82 Å². The zero-order chi connectivity index (χ0) is 13.2. The molecule has 1 aliphatic rings. The van der Waals surface area contributed by atoms with Gasteiger partial charge >= 0.3 is 0 Å². The lowest BCUT2D eigenvalue weighted by Gasteiger charge is -2.09. The lowest BCUT2D eigenvalue weighted by atomic mass is 10.1. The Morgan fingerprint density at radius 3 is 2.89 bits per heavy atom. The van der Waals surface area contributed by atoms with Crippen LogP contribution in [0.15, 0.2) is 34.4 Å². The van der Waals surface area contributed by atoms with Gasteiger partial charge in [-0.3, -0.25) is 0 Å². The summed E-state index contributed by atoms with van der Waals surface area (Å²) in [4.78, 5) is 9.66. The zero-order valence-corrected chi connectivity index (χ0v) is 11.6. The fourth-order valence-corrected chi connectivity index (χ4v) is 3.32. The summed E-state index contributed by atoms with van der Waals surface area (Å²) in [5.41, 5.74) is 6.55. The van der Waals surface area contributed by atoms with Crippen LogP contribution in [0, 0.1) is 6.92 Å². The highest BCUT2D eigenvalue weighted by Gasteiger charge is 2.13. The quantitative estimate of drug-likeness (QED) is 0.511. The molecule has 0 amide bonds. The minimum absolute atomic E-state index is 0.679. The van der Waals surface area contributed by atoms with Gasteiger partial charge < -0.3 is 5.43 Å². The van der Waals surface area contributed by atoms with Gasteiger partial charge in [0.25, 0.3) is 0 Å². The molecule has 2 aromatic rings. The number of nitrogens with two attached hydrogens (primary N) is 1. The van der Waals surface area contributed by atoms with Crippen LogP contribution < -0.4 is 11.3 Å². The summed E-state index contributed by atoms with van der Waals surface area (Å²) in [6, 6.07) is 6.69. The molecule has 0 aliphatic heterocycles. The number of anilines is 1. The molecule has 0 bridgehead atoms. The number of nitrogens with one attached hydrogen (secondary N) is 1. The highest BCUT2D eigenvalue weighted by atomic mass is 32.2. The first-order chi connectivity index (χ1) is 9.28. The summed E-state index contributed by atoms with van der Waals surface area (Å²) in [6.45, 7) is 1.98. The van der Waals surface area contributed by atoms with E-state index in [-0.39, 0.29) is 0 Å². The van der Waals surface area contributed by atoms with Crippen LogP contribution >= 0.6 is 11.8 Å². The lowest BCUT2D eigenvalue weighted by molar-refractivity contribution is 0.911. The molecule has 0 saturated carbocycles. The molecule has 19 heavy (non-hydrogen) atoms. The van der Waals surface area contributed by atoms with Crippen LogP contribution in [0.2, 0.25) is 0 Å². The van der Waals surface area contributed by atoms with Crippen molar-refractivity contribution in [3.05, 3.63) is 41.2 Å². The first-order valence-corrected chi connectivity index (χ1v) is 7.17. The second kappa shape index (κ2) is 5.19. The summed E-state index contributed by atoms with van der Waals surface area (Å²) in [7, 11) is 0. The van der Waals surface area contributed by atoms with Gasteiger partial charge in [0.15, 0.2) is 0 Å². The molecule has 0 fully saturated rings. The number of hydrogen-bond donors (Lipinski definition) is 2. The molecule has 5 heteroatoms. The number of nitrogen functional groups attached to an aromatic ring is 1. The lowest BCUT2D eigenvalue weighted by Crippen LogP contribution is -2.10. The van der Waals surface area contributed by atoms with Crippen molar-refractivity contribution in [2.75, 3.05) is 5.43 Å². The minimum atomic E-state index is 0.679. The molecule has 0 atom stereocenters. The molecular weight excluding hydrogens is 256 g/mol. The number of benzene rings is 1. The molecule has 0 radical (unpaired) electrons. The van der Waals surface area contributed by atoms with Crippen molar-refractivity contribution in [1.82, 2.24) is 9.97 Å². The normalized spacial score (nSPS) is 13.4. The van der Waals surface area contributed by atoms with Gasteiger partial charge in [-0.1, -0.05) is 17.8 Å². The number of hydrogen-bond acceptors (Lipinski definition) is 5. The average Bonchev–Trinajstić information content (AvgIpc) is 2.88. The van der Waals surface area contributed by atoms with Crippen LogP contribution in [-0.4, -0.2) is 9.97 Å². The van der Waals surface area contributed by atoms with E-state index in [1.54, 1.807) is 11.8 Å². The Morgan fingerprint density at radius 2 is 2.05 bits per heavy atom. The zero-order valence-electron chi connectivity index (χ0n) is 10.8. The molecule has 3 rings (SSSR count). The van der Waals surface area contributed by atoms with Crippen LogP contribution in [-0.2, 0) is 12.8 Å². The SMILES string of the molecule is Cc1c(NN)ncnc1Sc1ccc2c(c1)CCC2. The van der Waals surface area contributed by atoms with E-state index >= 15 is 0 Å². The molecule has 1 aromatic carbocycles. The van der Waals surface area contributed by atoms with Crippen molar-refractivity contribution in [2.45, 2.75) is 36.1 Å². The fraction of sp³-hybridized carbons (Fsp3) is 0.286. The molecule has 1 aromatic heterocycles. The van der Waals surface area contributed by atoms with Gasteiger partial charge in [-0.25, -0.2) is 15.8 Å². The number of aryl methyl sites for hydroxylation is 2. The number of aromatic nitrogens is 2. The van der Waals surface area contributed by atoms with Crippen LogP contribution in [0.25, 0.3) is 0 Å². The van der Waals surface area contributed by atoms with Gasteiger partial charge in [-0.15, -0.1) is 0 Å². The third kappa shape index (κ3) is 2.43. The molecule has 98 valence electrons. The molecule has 0 saturated heterocycles. The summed E-state index contributed by atoms with van der Waals surface area (Å²) in [6.07, 6.45) is 5.23. The standard InChI is InChI=1S/C14H16N4S/c1-9-13(18-15)16-8-17-14(9)19-12-6-5-10-3-2-4-11(10)7-12/h5-8H,2-4,15H2,1H3,(H,16,17,18). The van der Waals surface area contributed by atoms with E-state index in [0.29, 0.717) is 5.82 Å². The highest BCUT2D eigenvalue weighted by Crippen LogP contribution is 2.33. The average molecular weight is 272 g/mol. The molecule has 3 N–H and O–H groups in total. The van der Waals surface area contributed by atoms with Crippen molar-refractivity contribution in [3.63, 3.8) is 0 Å². The van der Waals surface area contributed by atoms with Gasteiger partial charge in [-0.05, 0) is 49.4 Å². The Kier molecular flexibility index (Phi) is 3.40. The smallest absolute Gasteiger partial charge is 0.147 e. The van der Waals surface area contributed by atoms with E-state index < -0.39 is 0 Å². The highest BCUT2D eigenvalue weighted by molar-refractivity contribution is 7.99. The number of nitrogens with zero attached hydrogens (tertiary/aromatic N) is 2. The van der Waals surface area contributed by atoms with E-state index in [4.69, 9.17) is 5.84 Å². The molecular formula is C14H16N4S. The van der Waals surface area contributed by atoms with E-state index in [2.05, 4.69) is 33.6 Å². The Bertz CT molecular complexity index is 612. The van der Waals surface area contributed by atoms with Crippen molar-refractivity contribution in [3.8, 4) is 0 Å². The molecule has 1 aliphatic carbocycles. The van der Waals surface area contributed by atoms with Crippen LogP contribution in [0.5, 0.6) is 0 Å². The second-order valence-electron chi connectivity index (χ2n) is 4.68. The minimum Gasteiger partial charge on any atom is -0.308 e. The summed E-state index contributed by atoms with van der Waals surface area (Å²) in [5.74, 6) is 6.12. The third-order valence-electron chi connectivity index (χ3n) is 3.46. The summed E-state index contributed by atoms with van der Waals surface area (Å²) >= 11 is 1.66. The Labute approximate surface area is 116 Å². The predicted octanol–water partition coefficient (Wildman–Crippen LogP) is 2.71. The molecule has 0 spiro atoms. The van der Waals surface area contributed by atoms with Gasteiger partial charge in [0.2, 0.25) is 0 Å². The number of hydrazine groups is 1. The summed E-state index contributed by atoms with van der Waals surface area (Å²) in [5, 5.41) is 0.945. The maximum atomic E-state index is 5.44. The van der Waals surface area contributed by atoms with E-state index in [1.165, 1.54) is 41.6 Å². The summed E-state index contributed by atoms with van der Waals surface area (Å²) < 4.78 is 0. The van der Waals surface area contributed by atoms with Gasteiger partial charge in [-0.2, -0.15) is 0 Å². The van der Waals surface area contributed by atoms with Crippen molar-refractivity contribution in [1.29, 1.82) is 0 Å². The van der Waals surface area contributed by atoms with Crippen LogP contribution in [0.3, 0.4) is 0 Å². The maximum absolute atomic E-state index is 5.44. The largest absolute Gasteiger partial charge is 0.308 e. The third-order valence-corrected chi connectivity index (χ3v) is 4.55. The van der Waals surface area contributed by atoms with Gasteiger partial charge in [0.05, 0.1) is 0 Å². The Balaban J connectivity index is 1.89. The Hall–Kier alpha value is -1.59. The maximum Gasteiger partial charge on any atom is 0.147 e. The van der Waals surface area contributed by atoms with E-state index in [0.717, 1.165) is 10.6 Å². The van der Waals surface area contributed by atoms with Gasteiger partial charge in [0.1, 0.15) is 17.2 Å². The second-order valence-corrected chi connectivity index (χ2v) is 5.75.